The van der Waals surface area contributed by atoms with Crippen LogP contribution < -0.4 is 0 Å². The van der Waals surface area contributed by atoms with Gasteiger partial charge in [0.05, 0.1) is 31.0 Å². The fourth-order valence-corrected chi connectivity index (χ4v) is 12.3. The fourth-order valence-electron chi connectivity index (χ4n) is 12.3. The van der Waals surface area contributed by atoms with Crippen LogP contribution in [0, 0.1) is 45.8 Å². The number of aliphatic hydroxyl groups is 8. The van der Waals surface area contributed by atoms with Gasteiger partial charge in [0, 0.05) is 0 Å². The molecule has 12 heteroatoms. The first-order chi connectivity index (χ1) is 24.3. The summed E-state index contributed by atoms with van der Waals surface area (Å²) in [5.74, 6) is 1.06. The molecule has 6 fully saturated rings. The number of hydrogen-bond acceptors (Lipinski definition) is 12. The monoisotopic (exact) mass is 740 g/mol. The third-order valence-electron chi connectivity index (χ3n) is 15.7. The van der Waals surface area contributed by atoms with Crippen LogP contribution in [-0.2, 0) is 18.9 Å². The molecule has 0 aromatic heterocycles. The molecular weight excluding hydrogens is 672 g/mol. The summed E-state index contributed by atoms with van der Waals surface area (Å²) in [6, 6.07) is 0. The molecular formula is C40H68O12. The molecule has 0 spiro atoms. The van der Waals surface area contributed by atoms with Crippen molar-refractivity contribution in [2.45, 2.75) is 179 Å². The molecule has 2 aliphatic heterocycles. The summed E-state index contributed by atoms with van der Waals surface area (Å²) in [5.41, 5.74) is -0.0705. The summed E-state index contributed by atoms with van der Waals surface area (Å²) in [7, 11) is 0. The Morgan fingerprint density at radius 2 is 1.44 bits per heavy atom. The molecule has 0 aromatic rings. The average Bonchev–Trinajstić information content (AvgIpc) is 3.47. The van der Waals surface area contributed by atoms with Gasteiger partial charge in [0.25, 0.3) is 0 Å². The van der Waals surface area contributed by atoms with Crippen LogP contribution in [0.1, 0.15) is 106 Å². The molecule has 8 N–H and O–H groups in total. The number of ether oxygens (including phenoxy) is 4. The van der Waals surface area contributed by atoms with Crippen molar-refractivity contribution >= 4 is 0 Å². The van der Waals surface area contributed by atoms with Gasteiger partial charge in [-0.1, -0.05) is 39.3 Å². The van der Waals surface area contributed by atoms with Crippen molar-refractivity contribution in [3.8, 4) is 0 Å². The summed E-state index contributed by atoms with van der Waals surface area (Å²) >= 11 is 0. The Morgan fingerprint density at radius 3 is 2.13 bits per heavy atom. The lowest BCUT2D eigenvalue weighted by Gasteiger charge is -2.67. The lowest BCUT2D eigenvalue weighted by Crippen LogP contribution is -2.64. The van der Waals surface area contributed by atoms with Crippen LogP contribution in [0.4, 0.5) is 0 Å². The molecule has 0 radical (unpaired) electrons. The van der Waals surface area contributed by atoms with Gasteiger partial charge >= 0.3 is 0 Å². The van der Waals surface area contributed by atoms with Gasteiger partial charge in [0.15, 0.2) is 12.6 Å². The minimum atomic E-state index is -1.62. The van der Waals surface area contributed by atoms with Gasteiger partial charge in [-0.25, -0.2) is 0 Å². The van der Waals surface area contributed by atoms with Crippen molar-refractivity contribution < 1.29 is 59.8 Å². The Morgan fingerprint density at radius 1 is 0.769 bits per heavy atom. The highest BCUT2D eigenvalue weighted by Crippen LogP contribution is 2.73. The van der Waals surface area contributed by atoms with Gasteiger partial charge in [-0.2, -0.15) is 0 Å². The van der Waals surface area contributed by atoms with E-state index < -0.39 is 67.0 Å². The standard InChI is InChI=1S/C40H68O12/c1-20(2)9-8-14-40(7,52-36-34(48)32(46)31(45)27(51-36)19-50-35-33(47)30(44)26(42)18-49-35)23-13-16-39(6)29(23)25(41)17-24-21-10-11-28(43)37(3,4)22(21)12-15-38(24,39)5/h9,21-36,41-48H,8,10-19H2,1-7H3/t21?,22?,23?,24?,25?,26-,27-,28?,29?,30+,31-,32+,33-,34-,35-,36+,38?,39?,40?/m1/s1. The molecule has 19 atom stereocenters. The van der Waals surface area contributed by atoms with Crippen molar-refractivity contribution in [3.63, 3.8) is 0 Å². The predicted molar refractivity (Wildman–Crippen MR) is 190 cm³/mol. The minimum Gasteiger partial charge on any atom is -0.393 e. The molecule has 2 heterocycles. The van der Waals surface area contributed by atoms with E-state index in [9.17, 15) is 40.9 Å². The van der Waals surface area contributed by atoms with Crippen LogP contribution in [0.25, 0.3) is 0 Å². The van der Waals surface area contributed by atoms with Crippen molar-refractivity contribution in [1.82, 2.24) is 0 Å². The number of allylic oxidation sites excluding steroid dienone is 2. The maximum absolute atomic E-state index is 12.3. The first kappa shape index (κ1) is 40.9. The number of hydrogen-bond donors (Lipinski definition) is 8. The van der Waals surface area contributed by atoms with Gasteiger partial charge in [0.2, 0.25) is 0 Å². The summed E-state index contributed by atoms with van der Waals surface area (Å²) in [4.78, 5) is 0. The molecule has 52 heavy (non-hydrogen) atoms. The van der Waals surface area contributed by atoms with E-state index in [4.69, 9.17) is 18.9 Å². The van der Waals surface area contributed by atoms with Gasteiger partial charge in [-0.15, -0.1) is 0 Å². The average molecular weight is 741 g/mol. The zero-order valence-electron chi connectivity index (χ0n) is 32.3. The van der Waals surface area contributed by atoms with Crippen LogP contribution in [-0.4, -0.2) is 127 Å². The highest BCUT2D eigenvalue weighted by atomic mass is 16.7. The summed E-state index contributed by atoms with van der Waals surface area (Å²) < 4.78 is 24.0. The fraction of sp³-hybridized carbons (Fsp3) is 0.950. The van der Waals surface area contributed by atoms with Crippen LogP contribution in [0.3, 0.4) is 0 Å². The SMILES string of the molecule is CC(C)=CCCC(C)(O[C@@H]1O[C@H](CO[C@H]2OC[C@@H](O)[C@H](O)[C@H]2O)[C@@H](O)[C@H](O)[C@H]1O)C1CCC2(C)C1C(O)CC1C3CCC(O)C(C)(C)C3CCC12C. The molecule has 0 aromatic carbocycles. The molecule has 4 saturated carbocycles. The van der Waals surface area contributed by atoms with Crippen molar-refractivity contribution in [2.24, 2.45) is 45.8 Å². The highest BCUT2D eigenvalue weighted by Gasteiger charge is 2.69. The van der Waals surface area contributed by atoms with Crippen molar-refractivity contribution in [1.29, 1.82) is 0 Å². The first-order valence-electron chi connectivity index (χ1n) is 19.9. The van der Waals surface area contributed by atoms with Crippen molar-refractivity contribution in [3.05, 3.63) is 11.6 Å². The summed E-state index contributed by atoms with van der Waals surface area (Å²) in [5, 5.41) is 86.7. The van der Waals surface area contributed by atoms with E-state index in [1.807, 2.05) is 20.8 Å². The lowest BCUT2D eigenvalue weighted by molar-refractivity contribution is -0.345. The predicted octanol–water partition coefficient (Wildman–Crippen LogP) is 2.40. The van der Waals surface area contributed by atoms with Crippen LogP contribution >= 0.6 is 0 Å². The lowest BCUT2D eigenvalue weighted by atomic mass is 9.39. The van der Waals surface area contributed by atoms with Gasteiger partial charge in [-0.05, 0) is 124 Å². The Bertz CT molecular complexity index is 1270. The van der Waals surface area contributed by atoms with Crippen LogP contribution in [0.5, 0.6) is 0 Å². The molecule has 6 rings (SSSR count). The Balaban J connectivity index is 1.24. The Labute approximate surface area is 309 Å². The third kappa shape index (κ3) is 6.87. The van der Waals surface area contributed by atoms with Gasteiger partial charge < -0.3 is 59.8 Å². The molecule has 4 aliphatic carbocycles. The second kappa shape index (κ2) is 15.0. The van der Waals surface area contributed by atoms with E-state index in [-0.39, 0.29) is 47.4 Å². The number of rotatable bonds is 9. The smallest absolute Gasteiger partial charge is 0.187 e. The van der Waals surface area contributed by atoms with Crippen molar-refractivity contribution in [2.75, 3.05) is 13.2 Å². The van der Waals surface area contributed by atoms with Crippen LogP contribution in [0.2, 0.25) is 0 Å². The molecule has 0 amide bonds. The topological polar surface area (TPSA) is 199 Å². The Kier molecular flexibility index (Phi) is 11.8. The van der Waals surface area contributed by atoms with E-state index in [0.717, 1.165) is 38.5 Å². The largest absolute Gasteiger partial charge is 0.393 e. The second-order valence-electron chi connectivity index (χ2n) is 19.0. The van der Waals surface area contributed by atoms with E-state index in [0.29, 0.717) is 37.0 Å². The number of aliphatic hydroxyl groups excluding tert-OH is 8. The maximum atomic E-state index is 12.3. The second-order valence-corrected chi connectivity index (χ2v) is 19.0. The Hall–Kier alpha value is -0.740. The van der Waals surface area contributed by atoms with E-state index in [1.165, 1.54) is 5.57 Å². The molecule has 12 nitrogen and oxygen atoms in total. The molecule has 0 bridgehead atoms. The maximum Gasteiger partial charge on any atom is 0.187 e. The van der Waals surface area contributed by atoms with E-state index >= 15 is 0 Å². The highest BCUT2D eigenvalue weighted by molar-refractivity contribution is 5.18. The molecule has 2 saturated heterocycles. The van der Waals surface area contributed by atoms with Gasteiger partial charge in [-0.3, -0.25) is 0 Å². The molecule has 6 aliphatic rings. The quantitative estimate of drug-likeness (QED) is 0.161. The van der Waals surface area contributed by atoms with E-state index in [1.54, 1.807) is 0 Å². The normalized spacial score (nSPS) is 51.4. The molecule has 300 valence electrons. The summed E-state index contributed by atoms with van der Waals surface area (Å²) in [6.45, 7) is 14.8. The summed E-state index contributed by atoms with van der Waals surface area (Å²) in [6.07, 6.45) is -3.96. The number of fused-ring (bicyclic) bond motifs is 5. The zero-order valence-corrected chi connectivity index (χ0v) is 32.3. The van der Waals surface area contributed by atoms with E-state index in [2.05, 4.69) is 33.8 Å². The molecule has 10 unspecified atom stereocenters. The minimum absolute atomic E-state index is 0.00896. The first-order valence-corrected chi connectivity index (χ1v) is 19.9. The zero-order chi connectivity index (χ0) is 38.1. The van der Waals surface area contributed by atoms with Crippen LogP contribution in [0.15, 0.2) is 11.6 Å². The van der Waals surface area contributed by atoms with Gasteiger partial charge in [0.1, 0.15) is 42.7 Å². The third-order valence-corrected chi connectivity index (χ3v) is 15.7.